The number of hydrogen-bond donors (Lipinski definition) is 2. The van der Waals surface area contributed by atoms with E-state index in [9.17, 15) is 8.42 Å². The smallest absolute Gasteiger partial charge is 0.232 e. The van der Waals surface area contributed by atoms with Crippen molar-refractivity contribution in [1.29, 1.82) is 0 Å². The molecule has 16 heavy (non-hydrogen) atoms. The quantitative estimate of drug-likeness (QED) is 0.788. The number of sulfonamides is 1. The van der Waals surface area contributed by atoms with Crippen molar-refractivity contribution < 1.29 is 8.42 Å². The minimum Gasteiger partial charge on any atom is -0.320 e. The molecule has 4 nitrogen and oxygen atoms in total. The first kappa shape index (κ1) is 13.5. The van der Waals surface area contributed by atoms with Crippen molar-refractivity contribution in [2.75, 3.05) is 24.1 Å². The molecule has 0 amide bonds. The Balaban J connectivity index is 2.59. The third kappa shape index (κ3) is 4.96. The average molecular weight is 307 g/mol. The number of rotatable bonds is 6. The normalized spacial score (nSPS) is 11.4. The first-order valence-corrected chi connectivity index (χ1v) is 7.39. The fraction of sp³-hybridized carbons (Fsp3) is 0.400. The molecular formula is C10H15BrN2O2S. The summed E-state index contributed by atoms with van der Waals surface area (Å²) in [5.41, 5.74) is 0.582. The molecule has 90 valence electrons. The number of halogens is 1. The predicted octanol–water partition coefficient (Wildman–Crippen LogP) is 1.80. The van der Waals surface area contributed by atoms with Crippen molar-refractivity contribution in [1.82, 2.24) is 5.32 Å². The molecule has 2 N–H and O–H groups in total. The van der Waals surface area contributed by atoms with Crippen molar-refractivity contribution in [3.05, 3.63) is 28.7 Å². The molecule has 0 bridgehead atoms. The number of nitrogens with one attached hydrogen (secondary N) is 2. The molecular weight excluding hydrogens is 292 g/mol. The molecule has 0 aromatic heterocycles. The van der Waals surface area contributed by atoms with Gasteiger partial charge in [0.15, 0.2) is 0 Å². The maximum atomic E-state index is 11.6. The van der Waals surface area contributed by atoms with Crippen LogP contribution in [0.3, 0.4) is 0 Å². The van der Waals surface area contributed by atoms with E-state index in [0.29, 0.717) is 18.7 Å². The molecule has 0 heterocycles. The molecule has 0 radical (unpaired) electrons. The molecule has 1 rings (SSSR count). The highest BCUT2D eigenvalue weighted by Crippen LogP contribution is 2.16. The second kappa shape index (κ2) is 6.22. The lowest BCUT2D eigenvalue weighted by molar-refractivity contribution is 0.597. The van der Waals surface area contributed by atoms with Crippen molar-refractivity contribution >= 4 is 31.6 Å². The summed E-state index contributed by atoms with van der Waals surface area (Å²) in [7, 11) is -1.43. The Bertz CT molecular complexity index is 434. The minimum atomic E-state index is -3.23. The Morgan fingerprint density at radius 3 is 2.75 bits per heavy atom. The second-order valence-corrected chi connectivity index (χ2v) is 6.15. The van der Waals surface area contributed by atoms with Gasteiger partial charge in [0.25, 0.3) is 0 Å². The van der Waals surface area contributed by atoms with Crippen molar-refractivity contribution in [2.24, 2.45) is 0 Å². The van der Waals surface area contributed by atoms with Gasteiger partial charge in [0.2, 0.25) is 10.0 Å². The summed E-state index contributed by atoms with van der Waals surface area (Å²) in [4.78, 5) is 0. The summed E-state index contributed by atoms with van der Waals surface area (Å²) in [6.45, 7) is 0.694. The summed E-state index contributed by atoms with van der Waals surface area (Å²) >= 11 is 3.29. The van der Waals surface area contributed by atoms with E-state index in [0.717, 1.165) is 4.47 Å². The predicted molar refractivity (Wildman–Crippen MR) is 70.1 cm³/mol. The van der Waals surface area contributed by atoms with Gasteiger partial charge in [-0.25, -0.2) is 8.42 Å². The van der Waals surface area contributed by atoms with Crippen molar-refractivity contribution in [3.8, 4) is 0 Å². The third-order valence-corrected chi connectivity index (χ3v) is 3.80. The maximum Gasteiger partial charge on any atom is 0.232 e. The maximum absolute atomic E-state index is 11.6. The Hall–Kier alpha value is -0.590. The molecule has 0 aliphatic heterocycles. The molecule has 0 aliphatic carbocycles. The Labute approximate surface area is 105 Å². The molecule has 1 aromatic rings. The van der Waals surface area contributed by atoms with Crippen LogP contribution in [0.15, 0.2) is 28.7 Å². The van der Waals surface area contributed by atoms with Gasteiger partial charge in [-0.1, -0.05) is 22.0 Å². The molecule has 1 aromatic carbocycles. The summed E-state index contributed by atoms with van der Waals surface area (Å²) in [5.74, 6) is 0.125. The number of anilines is 1. The summed E-state index contributed by atoms with van der Waals surface area (Å²) < 4.78 is 26.6. The highest BCUT2D eigenvalue weighted by Gasteiger charge is 2.09. The number of hydrogen-bond acceptors (Lipinski definition) is 3. The second-order valence-electron chi connectivity index (χ2n) is 3.39. The molecule has 0 spiro atoms. The van der Waals surface area contributed by atoms with E-state index in [4.69, 9.17) is 0 Å². The molecule has 0 saturated carbocycles. The first-order valence-electron chi connectivity index (χ1n) is 4.94. The van der Waals surface area contributed by atoms with E-state index < -0.39 is 10.0 Å². The van der Waals surface area contributed by atoms with Gasteiger partial charge >= 0.3 is 0 Å². The lowest BCUT2D eigenvalue weighted by Gasteiger charge is -2.07. The van der Waals surface area contributed by atoms with Crippen LogP contribution < -0.4 is 10.0 Å². The van der Waals surface area contributed by atoms with Gasteiger partial charge in [0.1, 0.15) is 0 Å². The van der Waals surface area contributed by atoms with Crippen LogP contribution in [-0.2, 0) is 10.0 Å². The largest absolute Gasteiger partial charge is 0.320 e. The van der Waals surface area contributed by atoms with E-state index in [1.165, 1.54) is 0 Å². The highest BCUT2D eigenvalue weighted by molar-refractivity contribution is 9.10. The molecule has 6 heteroatoms. The van der Waals surface area contributed by atoms with Gasteiger partial charge < -0.3 is 5.32 Å². The van der Waals surface area contributed by atoms with E-state index in [1.54, 1.807) is 25.2 Å². The molecule has 0 unspecified atom stereocenters. The minimum absolute atomic E-state index is 0.125. The fourth-order valence-corrected chi connectivity index (χ4v) is 2.73. The van der Waals surface area contributed by atoms with E-state index in [2.05, 4.69) is 26.0 Å². The zero-order valence-corrected chi connectivity index (χ0v) is 11.4. The Kier molecular flexibility index (Phi) is 5.24. The zero-order chi connectivity index (χ0) is 12.0. The lowest BCUT2D eigenvalue weighted by atomic mass is 10.3. The SMILES string of the molecule is CNCCCS(=O)(=O)Nc1cccc(Br)c1. The highest BCUT2D eigenvalue weighted by atomic mass is 79.9. The van der Waals surface area contributed by atoms with Gasteiger partial charge in [-0.15, -0.1) is 0 Å². The number of benzene rings is 1. The molecule has 0 atom stereocenters. The van der Waals surface area contributed by atoms with E-state index in [1.807, 2.05) is 6.07 Å². The van der Waals surface area contributed by atoms with Crippen LogP contribution in [0.4, 0.5) is 5.69 Å². The Morgan fingerprint density at radius 2 is 2.12 bits per heavy atom. The third-order valence-electron chi connectivity index (χ3n) is 1.94. The molecule has 0 aliphatic rings. The molecule has 0 fully saturated rings. The molecule has 0 saturated heterocycles. The van der Waals surface area contributed by atoms with Crippen LogP contribution >= 0.6 is 15.9 Å². The van der Waals surface area contributed by atoms with Crippen molar-refractivity contribution in [3.63, 3.8) is 0 Å². The lowest BCUT2D eigenvalue weighted by Crippen LogP contribution is -2.20. The van der Waals surface area contributed by atoms with Gasteiger partial charge in [-0.3, -0.25) is 4.72 Å². The van der Waals surface area contributed by atoms with Crippen LogP contribution in [0.1, 0.15) is 6.42 Å². The summed E-state index contributed by atoms with van der Waals surface area (Å²) in [5, 5.41) is 2.91. The first-order chi connectivity index (χ1) is 7.53. The standard InChI is InChI=1S/C10H15BrN2O2S/c1-12-6-3-7-16(14,15)13-10-5-2-4-9(11)8-10/h2,4-5,8,12-13H,3,6-7H2,1H3. The summed E-state index contributed by atoms with van der Waals surface area (Å²) in [6, 6.07) is 7.09. The Morgan fingerprint density at radius 1 is 1.38 bits per heavy atom. The van der Waals surface area contributed by atoms with Crippen molar-refractivity contribution in [2.45, 2.75) is 6.42 Å². The van der Waals surface area contributed by atoms with E-state index in [-0.39, 0.29) is 5.75 Å². The fourth-order valence-electron chi connectivity index (χ4n) is 1.22. The summed E-state index contributed by atoms with van der Waals surface area (Å²) in [6.07, 6.45) is 0.597. The van der Waals surface area contributed by atoms with Crippen LogP contribution in [0.25, 0.3) is 0 Å². The van der Waals surface area contributed by atoms with Gasteiger partial charge in [0, 0.05) is 10.2 Å². The van der Waals surface area contributed by atoms with Crippen LogP contribution in [0.2, 0.25) is 0 Å². The zero-order valence-electron chi connectivity index (χ0n) is 9.03. The van der Waals surface area contributed by atoms with Gasteiger partial charge in [-0.2, -0.15) is 0 Å². The average Bonchev–Trinajstić information content (AvgIpc) is 2.17. The van der Waals surface area contributed by atoms with Gasteiger partial charge in [0.05, 0.1) is 5.75 Å². The van der Waals surface area contributed by atoms with Crippen LogP contribution in [-0.4, -0.2) is 27.8 Å². The van der Waals surface area contributed by atoms with Crippen LogP contribution in [0, 0.1) is 0 Å². The van der Waals surface area contributed by atoms with Crippen LogP contribution in [0.5, 0.6) is 0 Å². The topological polar surface area (TPSA) is 58.2 Å². The van der Waals surface area contributed by atoms with E-state index >= 15 is 0 Å². The van der Waals surface area contributed by atoms with Gasteiger partial charge in [-0.05, 0) is 38.2 Å². The monoisotopic (exact) mass is 306 g/mol.